The predicted octanol–water partition coefficient (Wildman–Crippen LogP) is 1.74. The van der Waals surface area contributed by atoms with Crippen LogP contribution in [0.5, 0.6) is 11.5 Å². The van der Waals surface area contributed by atoms with E-state index in [-0.39, 0.29) is 12.1 Å². The standard InChI is InChI=1S/C13H17NO3/c1-10(15)16-11-2-4-12(5-3-11)17-13-6-8-14-9-7-13/h2-5,13-14H,6-9H2,1H3. The molecule has 1 aliphatic rings. The summed E-state index contributed by atoms with van der Waals surface area (Å²) in [5.41, 5.74) is 0. The maximum absolute atomic E-state index is 10.8. The molecule has 1 aromatic rings. The molecule has 0 saturated carbocycles. The number of hydrogen-bond donors (Lipinski definition) is 1. The molecule has 1 N–H and O–H groups in total. The van der Waals surface area contributed by atoms with Gasteiger partial charge >= 0.3 is 5.97 Å². The Kier molecular flexibility index (Phi) is 3.98. The summed E-state index contributed by atoms with van der Waals surface area (Å²) in [4.78, 5) is 10.8. The zero-order chi connectivity index (χ0) is 12.1. The van der Waals surface area contributed by atoms with E-state index in [0.29, 0.717) is 5.75 Å². The number of esters is 1. The summed E-state index contributed by atoms with van der Waals surface area (Å²) in [6.45, 7) is 3.41. The molecule has 0 amide bonds. The summed E-state index contributed by atoms with van der Waals surface area (Å²) < 4.78 is 10.8. The lowest BCUT2D eigenvalue weighted by molar-refractivity contribution is -0.131. The molecule has 2 rings (SSSR count). The third kappa shape index (κ3) is 3.75. The fourth-order valence-electron chi connectivity index (χ4n) is 1.86. The second-order valence-corrected chi connectivity index (χ2v) is 4.13. The Bertz CT molecular complexity index is 369. The van der Waals surface area contributed by atoms with E-state index in [0.717, 1.165) is 31.7 Å². The third-order valence-electron chi connectivity index (χ3n) is 2.67. The molecule has 4 heteroatoms. The van der Waals surface area contributed by atoms with Gasteiger partial charge in [0, 0.05) is 6.92 Å². The number of rotatable bonds is 3. The van der Waals surface area contributed by atoms with Gasteiger partial charge in [-0.1, -0.05) is 0 Å². The van der Waals surface area contributed by atoms with Gasteiger partial charge in [-0.15, -0.1) is 0 Å². The largest absolute Gasteiger partial charge is 0.490 e. The summed E-state index contributed by atoms with van der Waals surface area (Å²) in [5, 5.41) is 3.29. The molecule has 0 aliphatic carbocycles. The van der Waals surface area contributed by atoms with Crippen LogP contribution in [0, 0.1) is 0 Å². The van der Waals surface area contributed by atoms with Gasteiger partial charge in [0.05, 0.1) is 0 Å². The molecule has 1 saturated heterocycles. The van der Waals surface area contributed by atoms with E-state index in [1.54, 1.807) is 12.1 Å². The van der Waals surface area contributed by atoms with Crippen molar-refractivity contribution in [2.45, 2.75) is 25.9 Å². The number of carbonyl (C=O) groups is 1. The first-order valence-electron chi connectivity index (χ1n) is 5.90. The van der Waals surface area contributed by atoms with Crippen molar-refractivity contribution in [1.29, 1.82) is 0 Å². The highest BCUT2D eigenvalue weighted by atomic mass is 16.5. The Balaban J connectivity index is 1.90. The molecule has 1 heterocycles. The lowest BCUT2D eigenvalue weighted by Gasteiger charge is -2.23. The smallest absolute Gasteiger partial charge is 0.308 e. The lowest BCUT2D eigenvalue weighted by atomic mass is 10.1. The maximum atomic E-state index is 10.8. The van der Waals surface area contributed by atoms with Crippen molar-refractivity contribution in [3.05, 3.63) is 24.3 Å². The molecule has 0 atom stereocenters. The summed E-state index contributed by atoms with van der Waals surface area (Å²) in [5.74, 6) is 1.07. The second-order valence-electron chi connectivity index (χ2n) is 4.13. The summed E-state index contributed by atoms with van der Waals surface area (Å²) in [7, 11) is 0. The van der Waals surface area contributed by atoms with E-state index >= 15 is 0 Å². The van der Waals surface area contributed by atoms with Gasteiger partial charge < -0.3 is 14.8 Å². The van der Waals surface area contributed by atoms with Crippen LogP contribution in [0.1, 0.15) is 19.8 Å². The first-order chi connectivity index (χ1) is 8.24. The third-order valence-corrected chi connectivity index (χ3v) is 2.67. The number of benzene rings is 1. The van der Waals surface area contributed by atoms with Crippen molar-refractivity contribution in [3.8, 4) is 11.5 Å². The normalized spacial score (nSPS) is 16.5. The van der Waals surface area contributed by atoms with Crippen LogP contribution in [0.4, 0.5) is 0 Å². The average molecular weight is 235 g/mol. The molecule has 92 valence electrons. The molecular formula is C13H17NO3. The molecular weight excluding hydrogens is 218 g/mol. The van der Waals surface area contributed by atoms with E-state index in [4.69, 9.17) is 9.47 Å². The van der Waals surface area contributed by atoms with Gasteiger partial charge in [0.2, 0.25) is 0 Å². The Morgan fingerprint density at radius 1 is 1.18 bits per heavy atom. The van der Waals surface area contributed by atoms with E-state index in [1.165, 1.54) is 6.92 Å². The van der Waals surface area contributed by atoms with Gasteiger partial charge in [-0.05, 0) is 50.2 Å². The quantitative estimate of drug-likeness (QED) is 0.640. The summed E-state index contributed by atoms with van der Waals surface area (Å²) in [6, 6.07) is 7.16. The van der Waals surface area contributed by atoms with Crippen molar-refractivity contribution >= 4 is 5.97 Å². The van der Waals surface area contributed by atoms with Gasteiger partial charge in [0.25, 0.3) is 0 Å². The highest BCUT2D eigenvalue weighted by Gasteiger charge is 2.14. The maximum Gasteiger partial charge on any atom is 0.308 e. The average Bonchev–Trinajstić information content (AvgIpc) is 2.32. The predicted molar refractivity (Wildman–Crippen MR) is 64.3 cm³/mol. The van der Waals surface area contributed by atoms with Crippen molar-refractivity contribution in [2.75, 3.05) is 13.1 Å². The SMILES string of the molecule is CC(=O)Oc1ccc(OC2CCNCC2)cc1. The monoisotopic (exact) mass is 235 g/mol. The molecule has 0 spiro atoms. The summed E-state index contributed by atoms with van der Waals surface area (Å²) >= 11 is 0. The van der Waals surface area contributed by atoms with Crippen LogP contribution in [-0.2, 0) is 4.79 Å². The topological polar surface area (TPSA) is 47.6 Å². The van der Waals surface area contributed by atoms with Gasteiger partial charge in [0.15, 0.2) is 0 Å². The number of piperidine rings is 1. The van der Waals surface area contributed by atoms with Crippen LogP contribution in [0.25, 0.3) is 0 Å². The van der Waals surface area contributed by atoms with Crippen LogP contribution >= 0.6 is 0 Å². The molecule has 0 aromatic heterocycles. The fourth-order valence-corrected chi connectivity index (χ4v) is 1.86. The number of ether oxygens (including phenoxy) is 2. The number of nitrogens with one attached hydrogen (secondary N) is 1. The van der Waals surface area contributed by atoms with Gasteiger partial charge in [-0.3, -0.25) is 4.79 Å². The molecule has 0 unspecified atom stereocenters. The van der Waals surface area contributed by atoms with E-state index in [2.05, 4.69) is 5.32 Å². The van der Waals surface area contributed by atoms with Crippen LogP contribution in [-0.4, -0.2) is 25.2 Å². The first-order valence-corrected chi connectivity index (χ1v) is 5.90. The molecule has 17 heavy (non-hydrogen) atoms. The van der Waals surface area contributed by atoms with Gasteiger partial charge in [-0.25, -0.2) is 0 Å². The van der Waals surface area contributed by atoms with Crippen LogP contribution < -0.4 is 14.8 Å². The zero-order valence-corrected chi connectivity index (χ0v) is 9.94. The van der Waals surface area contributed by atoms with Crippen LogP contribution in [0.15, 0.2) is 24.3 Å². The van der Waals surface area contributed by atoms with Crippen LogP contribution in [0.2, 0.25) is 0 Å². The van der Waals surface area contributed by atoms with Crippen molar-refractivity contribution in [2.24, 2.45) is 0 Å². The highest BCUT2D eigenvalue weighted by molar-refractivity contribution is 5.69. The first kappa shape index (κ1) is 11.9. The molecule has 0 radical (unpaired) electrons. The Labute approximate surface area is 101 Å². The fraction of sp³-hybridized carbons (Fsp3) is 0.462. The minimum absolute atomic E-state index is 0.288. The minimum atomic E-state index is -0.308. The van der Waals surface area contributed by atoms with Crippen molar-refractivity contribution < 1.29 is 14.3 Å². The lowest BCUT2D eigenvalue weighted by Crippen LogP contribution is -2.34. The minimum Gasteiger partial charge on any atom is -0.490 e. The van der Waals surface area contributed by atoms with Crippen LogP contribution in [0.3, 0.4) is 0 Å². The Morgan fingerprint density at radius 2 is 1.76 bits per heavy atom. The van der Waals surface area contributed by atoms with Crippen molar-refractivity contribution in [3.63, 3.8) is 0 Å². The highest BCUT2D eigenvalue weighted by Crippen LogP contribution is 2.20. The summed E-state index contributed by atoms with van der Waals surface area (Å²) in [6.07, 6.45) is 2.35. The molecule has 1 aliphatic heterocycles. The molecule has 4 nitrogen and oxygen atoms in total. The zero-order valence-electron chi connectivity index (χ0n) is 9.94. The van der Waals surface area contributed by atoms with Gasteiger partial charge in [0.1, 0.15) is 17.6 Å². The number of hydrogen-bond acceptors (Lipinski definition) is 4. The van der Waals surface area contributed by atoms with E-state index in [9.17, 15) is 4.79 Å². The second kappa shape index (κ2) is 5.68. The van der Waals surface area contributed by atoms with Gasteiger partial charge in [-0.2, -0.15) is 0 Å². The Hall–Kier alpha value is -1.55. The molecule has 1 aromatic carbocycles. The van der Waals surface area contributed by atoms with E-state index < -0.39 is 0 Å². The number of carbonyl (C=O) groups excluding carboxylic acids is 1. The molecule has 1 fully saturated rings. The molecule has 0 bridgehead atoms. The van der Waals surface area contributed by atoms with Crippen molar-refractivity contribution in [1.82, 2.24) is 5.32 Å². The van der Waals surface area contributed by atoms with E-state index in [1.807, 2.05) is 12.1 Å². The Morgan fingerprint density at radius 3 is 2.35 bits per heavy atom.